The molecular weight excluding hydrogens is 269 g/mol. The Morgan fingerprint density at radius 3 is 2.72 bits per heavy atom. The Kier molecular flexibility index (Phi) is 3.42. The van der Waals surface area contributed by atoms with Gasteiger partial charge in [-0.25, -0.2) is 0 Å². The molecule has 1 amide bonds. The largest absolute Gasteiger partial charge is 0.393 e. The quantitative estimate of drug-likeness (QED) is 0.847. The van der Waals surface area contributed by atoms with Crippen LogP contribution >= 0.6 is 11.3 Å². The third kappa shape index (κ3) is 2.71. The van der Waals surface area contributed by atoms with Crippen LogP contribution in [0.3, 0.4) is 0 Å². The van der Waals surface area contributed by atoms with Crippen LogP contribution in [-0.2, 0) is 0 Å². The SMILES string of the molecule is Nc1nnc(C(=O)N2CCCC(C(F)(F)F)C2)s1. The Morgan fingerprint density at radius 1 is 1.44 bits per heavy atom. The minimum atomic E-state index is -4.26. The van der Waals surface area contributed by atoms with Gasteiger partial charge in [0, 0.05) is 13.1 Å². The van der Waals surface area contributed by atoms with Gasteiger partial charge in [-0.2, -0.15) is 13.2 Å². The first-order valence-corrected chi connectivity index (χ1v) is 6.14. The van der Waals surface area contributed by atoms with Crippen molar-refractivity contribution in [2.75, 3.05) is 18.8 Å². The number of rotatable bonds is 1. The van der Waals surface area contributed by atoms with Crippen molar-refractivity contribution < 1.29 is 18.0 Å². The summed E-state index contributed by atoms with van der Waals surface area (Å²) in [7, 11) is 0. The lowest BCUT2D eigenvalue weighted by Gasteiger charge is -2.33. The van der Waals surface area contributed by atoms with Gasteiger partial charge in [0.25, 0.3) is 5.91 Å². The smallest absolute Gasteiger partial charge is 0.374 e. The molecule has 100 valence electrons. The number of alkyl halides is 3. The summed E-state index contributed by atoms with van der Waals surface area (Å²) in [5, 5.41) is 7.19. The van der Waals surface area contributed by atoms with Crippen molar-refractivity contribution in [1.29, 1.82) is 0 Å². The van der Waals surface area contributed by atoms with E-state index >= 15 is 0 Å². The lowest BCUT2D eigenvalue weighted by atomic mass is 9.97. The van der Waals surface area contributed by atoms with Crippen molar-refractivity contribution in [1.82, 2.24) is 15.1 Å². The fourth-order valence-corrected chi connectivity index (χ4v) is 2.46. The number of nitrogens with zero attached hydrogens (tertiary/aromatic N) is 3. The molecule has 1 atom stereocenters. The lowest BCUT2D eigenvalue weighted by molar-refractivity contribution is -0.184. The zero-order chi connectivity index (χ0) is 13.3. The molecule has 1 saturated heterocycles. The molecule has 5 nitrogen and oxygen atoms in total. The van der Waals surface area contributed by atoms with E-state index in [0.29, 0.717) is 13.0 Å². The highest BCUT2D eigenvalue weighted by molar-refractivity contribution is 7.16. The molecule has 0 radical (unpaired) electrons. The third-order valence-corrected chi connectivity index (χ3v) is 3.54. The first kappa shape index (κ1) is 13.1. The van der Waals surface area contributed by atoms with Crippen LogP contribution in [0.25, 0.3) is 0 Å². The van der Waals surface area contributed by atoms with Gasteiger partial charge in [-0.3, -0.25) is 4.79 Å². The lowest BCUT2D eigenvalue weighted by Crippen LogP contribution is -2.44. The van der Waals surface area contributed by atoms with Gasteiger partial charge in [-0.1, -0.05) is 11.3 Å². The molecule has 2 rings (SSSR count). The van der Waals surface area contributed by atoms with Crippen LogP contribution in [0.15, 0.2) is 0 Å². The molecule has 0 aliphatic carbocycles. The summed E-state index contributed by atoms with van der Waals surface area (Å²) in [6.07, 6.45) is -3.87. The molecule has 0 saturated carbocycles. The maximum Gasteiger partial charge on any atom is 0.393 e. The Hall–Kier alpha value is -1.38. The number of carbonyl (C=O) groups excluding carboxylic acids is 1. The second-order valence-corrected chi connectivity index (χ2v) is 5.09. The minimum absolute atomic E-state index is 0.0373. The summed E-state index contributed by atoms with van der Waals surface area (Å²) < 4.78 is 37.8. The highest BCUT2D eigenvalue weighted by Gasteiger charge is 2.43. The van der Waals surface area contributed by atoms with E-state index in [4.69, 9.17) is 5.73 Å². The maximum absolute atomic E-state index is 12.6. The van der Waals surface area contributed by atoms with Crippen molar-refractivity contribution in [3.05, 3.63) is 5.01 Å². The van der Waals surface area contributed by atoms with Crippen molar-refractivity contribution in [3.8, 4) is 0 Å². The molecule has 18 heavy (non-hydrogen) atoms. The van der Waals surface area contributed by atoms with Crippen molar-refractivity contribution in [3.63, 3.8) is 0 Å². The van der Waals surface area contributed by atoms with Crippen molar-refractivity contribution >= 4 is 22.4 Å². The number of hydrogen-bond acceptors (Lipinski definition) is 5. The van der Waals surface area contributed by atoms with Crippen LogP contribution in [0.5, 0.6) is 0 Å². The van der Waals surface area contributed by atoms with Gasteiger partial charge in [0.15, 0.2) is 0 Å². The Balaban J connectivity index is 2.07. The number of anilines is 1. The molecule has 1 aromatic heterocycles. The predicted octanol–water partition coefficient (Wildman–Crippen LogP) is 1.53. The van der Waals surface area contributed by atoms with E-state index in [1.54, 1.807) is 0 Å². The van der Waals surface area contributed by atoms with Crippen LogP contribution in [0.1, 0.15) is 22.6 Å². The van der Waals surface area contributed by atoms with E-state index in [0.717, 1.165) is 11.3 Å². The average Bonchev–Trinajstić information content (AvgIpc) is 2.74. The fraction of sp³-hybridized carbons (Fsp3) is 0.667. The van der Waals surface area contributed by atoms with E-state index in [1.807, 2.05) is 0 Å². The summed E-state index contributed by atoms with van der Waals surface area (Å²) in [4.78, 5) is 13.1. The average molecular weight is 280 g/mol. The normalized spacial score (nSPS) is 21.1. The Morgan fingerprint density at radius 2 is 2.17 bits per heavy atom. The van der Waals surface area contributed by atoms with Crippen LogP contribution < -0.4 is 5.73 Å². The zero-order valence-corrected chi connectivity index (χ0v) is 10.1. The maximum atomic E-state index is 12.6. The number of amides is 1. The van der Waals surface area contributed by atoms with Crippen LogP contribution in [0.2, 0.25) is 0 Å². The molecule has 0 bridgehead atoms. The van der Waals surface area contributed by atoms with Gasteiger partial charge < -0.3 is 10.6 Å². The number of nitrogens with two attached hydrogens (primary N) is 1. The summed E-state index contributed by atoms with van der Waals surface area (Å²) >= 11 is 0.881. The topological polar surface area (TPSA) is 72.1 Å². The monoisotopic (exact) mass is 280 g/mol. The number of nitrogen functional groups attached to an aromatic ring is 1. The summed E-state index contributed by atoms with van der Waals surface area (Å²) in [6, 6.07) is 0. The Labute approximate surface area is 105 Å². The summed E-state index contributed by atoms with van der Waals surface area (Å²) in [5.41, 5.74) is 5.34. The van der Waals surface area contributed by atoms with Gasteiger partial charge in [0.1, 0.15) is 0 Å². The van der Waals surface area contributed by atoms with Gasteiger partial charge in [0.05, 0.1) is 5.92 Å². The summed E-state index contributed by atoms with van der Waals surface area (Å²) in [5.74, 6) is -1.99. The molecule has 1 unspecified atom stereocenters. The first-order valence-electron chi connectivity index (χ1n) is 5.33. The second-order valence-electron chi connectivity index (χ2n) is 4.08. The number of aromatic nitrogens is 2. The number of carbonyl (C=O) groups is 1. The zero-order valence-electron chi connectivity index (χ0n) is 9.28. The van der Waals surface area contributed by atoms with Crippen molar-refractivity contribution in [2.24, 2.45) is 5.92 Å². The third-order valence-electron chi connectivity index (χ3n) is 2.80. The summed E-state index contributed by atoms with van der Waals surface area (Å²) in [6.45, 7) is -0.00723. The van der Waals surface area contributed by atoms with Gasteiger partial charge in [0.2, 0.25) is 10.1 Å². The van der Waals surface area contributed by atoms with E-state index < -0.39 is 18.0 Å². The Bertz CT molecular complexity index is 447. The number of likely N-dealkylation sites (tertiary alicyclic amines) is 1. The molecule has 0 spiro atoms. The van der Waals surface area contributed by atoms with Crippen LogP contribution in [0.4, 0.5) is 18.3 Å². The second kappa shape index (κ2) is 4.71. The van der Waals surface area contributed by atoms with Crippen LogP contribution in [0, 0.1) is 5.92 Å². The highest BCUT2D eigenvalue weighted by atomic mass is 32.1. The fourth-order valence-electron chi connectivity index (χ4n) is 1.89. The molecule has 1 aliphatic rings. The number of hydrogen-bond donors (Lipinski definition) is 1. The van der Waals surface area contributed by atoms with E-state index in [9.17, 15) is 18.0 Å². The van der Waals surface area contributed by atoms with Crippen molar-refractivity contribution in [2.45, 2.75) is 19.0 Å². The highest BCUT2D eigenvalue weighted by Crippen LogP contribution is 2.33. The number of halogens is 3. The van der Waals surface area contributed by atoms with Gasteiger partial charge in [-0.15, -0.1) is 10.2 Å². The van der Waals surface area contributed by atoms with Gasteiger partial charge >= 0.3 is 6.18 Å². The molecule has 1 aliphatic heterocycles. The molecular formula is C9H11F3N4OS. The van der Waals surface area contributed by atoms with E-state index in [1.165, 1.54) is 4.90 Å². The molecule has 2 heterocycles. The number of piperidine rings is 1. The van der Waals surface area contributed by atoms with E-state index in [-0.39, 0.29) is 23.1 Å². The van der Waals surface area contributed by atoms with E-state index in [2.05, 4.69) is 10.2 Å². The molecule has 1 fully saturated rings. The molecule has 9 heteroatoms. The minimum Gasteiger partial charge on any atom is -0.374 e. The predicted molar refractivity (Wildman–Crippen MR) is 59.0 cm³/mol. The standard InChI is InChI=1S/C9H11F3N4OS/c10-9(11,12)5-2-1-3-16(4-5)7(17)6-14-15-8(13)18-6/h5H,1-4H2,(H2,13,15). The molecule has 2 N–H and O–H groups in total. The molecule has 1 aromatic rings. The molecule has 0 aromatic carbocycles. The van der Waals surface area contributed by atoms with Crippen LogP contribution in [-0.4, -0.2) is 40.3 Å². The van der Waals surface area contributed by atoms with Gasteiger partial charge in [-0.05, 0) is 12.8 Å². The first-order chi connectivity index (χ1) is 8.38.